The molecule has 5 rings (SSSR count). The van der Waals surface area contributed by atoms with Gasteiger partial charge in [-0.1, -0.05) is 5.21 Å². The molecule has 3 aliphatic rings. The van der Waals surface area contributed by atoms with Gasteiger partial charge in [0.1, 0.15) is 17.5 Å². The van der Waals surface area contributed by atoms with E-state index >= 15 is 0 Å². The molecule has 0 saturated carbocycles. The number of quaternary nitrogens is 1. The lowest BCUT2D eigenvalue weighted by Gasteiger charge is -2.46. The standard InChI is InChI=1S/C17H23N5O3/c23-11-13-8-22(20-19-13)9-14-6-12-3-4-21(14)10-16(12)17(24)18-7-15-2-1-5-25-15/h1-2,5,8,12,14,16,23H,3-4,6-7,9-11H2,(H,18,24)/p+1/t12-,14-,16+/m1/s1. The zero-order chi connectivity index (χ0) is 17.2. The van der Waals surface area contributed by atoms with Gasteiger partial charge in [0.05, 0.1) is 51.2 Å². The monoisotopic (exact) mass is 346 g/mol. The second-order valence-corrected chi connectivity index (χ2v) is 7.09. The number of aliphatic hydroxyl groups excluding tert-OH is 1. The summed E-state index contributed by atoms with van der Waals surface area (Å²) in [6.07, 6.45) is 5.56. The van der Waals surface area contributed by atoms with Gasteiger partial charge in [0.15, 0.2) is 0 Å². The normalized spacial score (nSPS) is 28.2. The molecule has 25 heavy (non-hydrogen) atoms. The summed E-state index contributed by atoms with van der Waals surface area (Å²) in [5.41, 5.74) is 0.598. The number of aliphatic hydroxyl groups is 1. The van der Waals surface area contributed by atoms with Crippen LogP contribution in [0.2, 0.25) is 0 Å². The number of nitrogens with zero attached hydrogens (tertiary/aromatic N) is 3. The van der Waals surface area contributed by atoms with Crippen molar-refractivity contribution in [3.8, 4) is 0 Å². The first-order valence-corrected chi connectivity index (χ1v) is 8.87. The quantitative estimate of drug-likeness (QED) is 0.622. The van der Waals surface area contributed by atoms with Gasteiger partial charge in [-0.05, 0) is 18.1 Å². The number of aromatic nitrogens is 3. The summed E-state index contributed by atoms with van der Waals surface area (Å²) in [4.78, 5) is 14.0. The van der Waals surface area contributed by atoms with Crippen molar-refractivity contribution in [3.63, 3.8) is 0 Å². The third-order valence-electron chi connectivity index (χ3n) is 5.56. The molecule has 3 aliphatic heterocycles. The fourth-order valence-electron chi connectivity index (χ4n) is 4.26. The van der Waals surface area contributed by atoms with E-state index in [1.54, 1.807) is 12.5 Å². The van der Waals surface area contributed by atoms with Crippen LogP contribution >= 0.6 is 0 Å². The third kappa shape index (κ3) is 3.45. The molecule has 3 N–H and O–H groups in total. The van der Waals surface area contributed by atoms with Gasteiger partial charge in [-0.3, -0.25) is 4.79 Å². The molecule has 8 heteroatoms. The Labute approximate surface area is 145 Å². The first-order chi connectivity index (χ1) is 12.2. The lowest BCUT2D eigenvalue weighted by molar-refractivity contribution is -0.945. The Bertz CT molecular complexity index is 714. The van der Waals surface area contributed by atoms with Crippen molar-refractivity contribution >= 4 is 5.91 Å². The van der Waals surface area contributed by atoms with E-state index in [1.165, 1.54) is 4.90 Å². The third-order valence-corrected chi connectivity index (χ3v) is 5.56. The summed E-state index contributed by atoms with van der Waals surface area (Å²) in [7, 11) is 0. The maximum atomic E-state index is 12.6. The zero-order valence-corrected chi connectivity index (χ0v) is 14.1. The Morgan fingerprint density at radius 1 is 1.52 bits per heavy atom. The minimum absolute atomic E-state index is 0.0816. The fourth-order valence-corrected chi connectivity index (χ4v) is 4.26. The van der Waals surface area contributed by atoms with Crippen molar-refractivity contribution in [2.24, 2.45) is 11.8 Å². The van der Waals surface area contributed by atoms with Crippen molar-refractivity contribution < 1.29 is 19.2 Å². The van der Waals surface area contributed by atoms with Crippen LogP contribution in [-0.2, 0) is 24.5 Å². The second kappa shape index (κ2) is 6.97. The maximum Gasteiger partial charge on any atom is 0.229 e. The molecule has 1 amide bonds. The van der Waals surface area contributed by atoms with E-state index < -0.39 is 0 Å². The van der Waals surface area contributed by atoms with Crippen molar-refractivity contribution in [3.05, 3.63) is 36.0 Å². The molecule has 0 aliphatic carbocycles. The number of rotatable bonds is 6. The largest absolute Gasteiger partial charge is 0.467 e. The SMILES string of the molecule is O=C(NCc1ccco1)[C@H]1C[NH+]2CC[C@@H]1C[C@@H]2Cn1cc(CO)nn1. The number of furan rings is 1. The summed E-state index contributed by atoms with van der Waals surface area (Å²) < 4.78 is 7.09. The smallest absolute Gasteiger partial charge is 0.229 e. The molecule has 2 aromatic heterocycles. The van der Waals surface area contributed by atoms with E-state index in [4.69, 9.17) is 9.52 Å². The van der Waals surface area contributed by atoms with Gasteiger partial charge in [-0.25, -0.2) is 4.68 Å². The van der Waals surface area contributed by atoms with Gasteiger partial charge in [-0.15, -0.1) is 5.10 Å². The molecule has 0 aromatic carbocycles. The van der Waals surface area contributed by atoms with Gasteiger partial charge in [-0.2, -0.15) is 0 Å². The predicted octanol–water partition coefficient (Wildman–Crippen LogP) is -1.03. The Morgan fingerprint density at radius 2 is 2.44 bits per heavy atom. The first-order valence-electron chi connectivity index (χ1n) is 8.87. The van der Waals surface area contributed by atoms with Crippen LogP contribution in [0.15, 0.2) is 29.0 Å². The highest BCUT2D eigenvalue weighted by Crippen LogP contribution is 2.27. The molecule has 3 fully saturated rings. The summed E-state index contributed by atoms with van der Waals surface area (Å²) in [6, 6.07) is 4.16. The summed E-state index contributed by atoms with van der Waals surface area (Å²) >= 11 is 0. The Hall–Kier alpha value is -2.19. The van der Waals surface area contributed by atoms with Crippen LogP contribution in [0.5, 0.6) is 0 Å². The highest BCUT2D eigenvalue weighted by Gasteiger charge is 2.46. The van der Waals surface area contributed by atoms with Crippen LogP contribution in [0.25, 0.3) is 0 Å². The average molecular weight is 346 g/mol. The molecule has 134 valence electrons. The number of piperidine rings is 3. The van der Waals surface area contributed by atoms with E-state index in [0.29, 0.717) is 24.2 Å². The summed E-state index contributed by atoms with van der Waals surface area (Å²) in [5, 5.41) is 20.1. The number of nitrogens with one attached hydrogen (secondary N) is 2. The van der Waals surface area contributed by atoms with E-state index in [2.05, 4.69) is 15.6 Å². The Morgan fingerprint density at radius 3 is 3.12 bits per heavy atom. The number of fused-ring (bicyclic) bond motifs is 3. The molecule has 2 aromatic rings. The van der Waals surface area contributed by atoms with E-state index in [9.17, 15) is 4.79 Å². The maximum absolute atomic E-state index is 12.6. The number of carbonyl (C=O) groups is 1. The molecule has 4 atom stereocenters. The van der Waals surface area contributed by atoms with Gasteiger partial charge in [0.2, 0.25) is 5.91 Å². The average Bonchev–Trinajstić information content (AvgIpc) is 3.32. The number of hydrogen-bond acceptors (Lipinski definition) is 5. The van der Waals surface area contributed by atoms with Crippen LogP contribution in [0.1, 0.15) is 24.3 Å². The molecular formula is C17H24N5O3+. The fraction of sp³-hybridized carbons (Fsp3) is 0.588. The molecule has 2 bridgehead atoms. The summed E-state index contributed by atoms with van der Waals surface area (Å²) in [5.74, 6) is 1.43. The molecule has 0 spiro atoms. The van der Waals surface area contributed by atoms with Crippen LogP contribution in [0, 0.1) is 11.8 Å². The highest BCUT2D eigenvalue weighted by atomic mass is 16.3. The van der Waals surface area contributed by atoms with Gasteiger partial charge in [0.25, 0.3) is 0 Å². The second-order valence-electron chi connectivity index (χ2n) is 7.09. The van der Waals surface area contributed by atoms with E-state index in [0.717, 1.165) is 38.2 Å². The van der Waals surface area contributed by atoms with Crippen LogP contribution in [0.4, 0.5) is 0 Å². The van der Waals surface area contributed by atoms with E-state index in [1.807, 2.05) is 16.8 Å². The lowest BCUT2D eigenvalue weighted by atomic mass is 9.75. The van der Waals surface area contributed by atoms with Gasteiger partial charge >= 0.3 is 0 Å². The lowest BCUT2D eigenvalue weighted by Crippen LogP contribution is -3.20. The Balaban J connectivity index is 1.34. The first kappa shape index (κ1) is 16.3. The van der Waals surface area contributed by atoms with Crippen LogP contribution < -0.4 is 10.2 Å². The minimum atomic E-state index is -0.0816. The van der Waals surface area contributed by atoms with Gasteiger partial charge in [0, 0.05) is 12.8 Å². The number of hydrogen-bond donors (Lipinski definition) is 3. The molecule has 3 saturated heterocycles. The van der Waals surface area contributed by atoms with Gasteiger partial charge < -0.3 is 19.7 Å². The molecule has 5 heterocycles. The Kier molecular flexibility index (Phi) is 4.54. The van der Waals surface area contributed by atoms with Crippen molar-refractivity contribution in [2.45, 2.75) is 38.6 Å². The van der Waals surface area contributed by atoms with Crippen LogP contribution in [-0.4, -0.2) is 45.1 Å². The molecule has 8 nitrogen and oxygen atoms in total. The molecular weight excluding hydrogens is 322 g/mol. The topological polar surface area (TPSA) is 97.6 Å². The molecule has 1 unspecified atom stereocenters. The zero-order valence-electron chi connectivity index (χ0n) is 14.1. The van der Waals surface area contributed by atoms with Crippen molar-refractivity contribution in [1.29, 1.82) is 0 Å². The summed E-state index contributed by atoms with van der Waals surface area (Å²) in [6.45, 7) is 3.15. The number of amides is 1. The van der Waals surface area contributed by atoms with Crippen molar-refractivity contribution in [1.82, 2.24) is 20.3 Å². The number of carbonyl (C=O) groups excluding carboxylic acids is 1. The minimum Gasteiger partial charge on any atom is -0.467 e. The van der Waals surface area contributed by atoms with Crippen LogP contribution in [0.3, 0.4) is 0 Å². The van der Waals surface area contributed by atoms with Crippen molar-refractivity contribution in [2.75, 3.05) is 13.1 Å². The predicted molar refractivity (Wildman–Crippen MR) is 87.2 cm³/mol. The van der Waals surface area contributed by atoms with E-state index in [-0.39, 0.29) is 18.4 Å². The molecule has 0 radical (unpaired) electrons. The highest BCUT2D eigenvalue weighted by molar-refractivity contribution is 5.79.